The van der Waals surface area contributed by atoms with E-state index in [1.165, 1.54) is 27.2 Å². The molecule has 2 amide bonds. The van der Waals surface area contributed by atoms with Crippen molar-refractivity contribution >= 4 is 46.6 Å². The number of hydrogen-bond acceptors (Lipinski definition) is 9. The minimum absolute atomic E-state index is 0.00470. The van der Waals surface area contributed by atoms with Gasteiger partial charge in [-0.3, -0.25) is 24.3 Å². The van der Waals surface area contributed by atoms with Gasteiger partial charge in [0.05, 0.1) is 48.8 Å². The van der Waals surface area contributed by atoms with Gasteiger partial charge in [0.15, 0.2) is 28.8 Å². The summed E-state index contributed by atoms with van der Waals surface area (Å²) in [5.41, 5.74) is 6.62. The van der Waals surface area contributed by atoms with Gasteiger partial charge in [-0.2, -0.15) is 0 Å². The summed E-state index contributed by atoms with van der Waals surface area (Å²) < 4.78 is 23.8. The van der Waals surface area contributed by atoms with Crippen molar-refractivity contribution in [2.45, 2.75) is 31.8 Å². The molecule has 2 atom stereocenters. The SMILES string of the molecule is COc1cc2c(cc1OC/C(=C/C(C)=O)COc1cc3c(cc1OC)C(=O)N1c4ccccc4C[C@H]1CN3)N=C[C@@H]1Cc3ccccc3N1C2=O. The summed E-state index contributed by atoms with van der Waals surface area (Å²) in [4.78, 5) is 48.2. The van der Waals surface area contributed by atoms with Crippen LogP contribution in [0.1, 0.15) is 38.8 Å². The van der Waals surface area contributed by atoms with Crippen molar-refractivity contribution in [3.63, 3.8) is 0 Å². The Balaban J connectivity index is 1.01. The van der Waals surface area contributed by atoms with Crippen molar-refractivity contribution in [2.75, 3.05) is 49.1 Å². The standard InChI is InChI=1S/C40H36N4O7/c1-23(45)12-24(21-50-37-17-31-29(15-35(37)48-2)39(46)43-27(19-41-31)13-25-8-4-6-10-33(25)43)22-51-38-18-32-30(16-36(38)49-3)40(47)44-28(20-42-32)14-26-9-5-7-11-34(26)44/h4-12,15-19,27-28,42H,13-14,20-22H2,1-3H3/b24-12-/t27-,28-/m0/s1. The smallest absolute Gasteiger partial charge is 0.261 e. The van der Waals surface area contributed by atoms with Crippen LogP contribution in [0.5, 0.6) is 23.0 Å². The van der Waals surface area contributed by atoms with E-state index >= 15 is 0 Å². The molecule has 8 rings (SSSR count). The van der Waals surface area contributed by atoms with E-state index in [4.69, 9.17) is 18.9 Å². The number of para-hydroxylation sites is 2. The zero-order valence-corrected chi connectivity index (χ0v) is 28.5. The lowest BCUT2D eigenvalue weighted by atomic mass is 10.1. The van der Waals surface area contributed by atoms with E-state index in [9.17, 15) is 14.4 Å². The Bertz CT molecular complexity index is 2160. The highest BCUT2D eigenvalue weighted by atomic mass is 16.5. The highest BCUT2D eigenvalue weighted by Gasteiger charge is 2.38. The first-order valence-corrected chi connectivity index (χ1v) is 16.8. The predicted molar refractivity (Wildman–Crippen MR) is 194 cm³/mol. The Kier molecular flexibility index (Phi) is 8.18. The number of carbonyl (C=O) groups excluding carboxylic acids is 3. The molecule has 4 heterocycles. The molecule has 0 aromatic heterocycles. The van der Waals surface area contributed by atoms with Crippen LogP contribution in [0, 0.1) is 0 Å². The van der Waals surface area contributed by atoms with Gasteiger partial charge in [-0.05, 0) is 54.8 Å². The number of aliphatic imine (C=N–C) groups is 1. The fourth-order valence-electron chi connectivity index (χ4n) is 7.35. The Morgan fingerprint density at radius 1 is 0.804 bits per heavy atom. The fourth-order valence-corrected chi connectivity index (χ4v) is 7.35. The molecule has 0 saturated heterocycles. The highest BCUT2D eigenvalue weighted by molar-refractivity contribution is 6.15. The number of anilines is 3. The van der Waals surface area contributed by atoms with Crippen LogP contribution in [0.15, 0.2) is 89.4 Å². The average Bonchev–Trinajstić information content (AvgIpc) is 3.63. The summed E-state index contributed by atoms with van der Waals surface area (Å²) in [6.07, 6.45) is 4.72. The number of amides is 2. The number of fused-ring (bicyclic) bond motifs is 8. The number of nitrogens with zero attached hydrogens (tertiary/aromatic N) is 3. The van der Waals surface area contributed by atoms with Crippen LogP contribution in [-0.2, 0) is 17.6 Å². The molecule has 0 saturated carbocycles. The van der Waals surface area contributed by atoms with Gasteiger partial charge in [0.1, 0.15) is 13.2 Å². The maximum absolute atomic E-state index is 13.8. The Morgan fingerprint density at radius 2 is 1.41 bits per heavy atom. The number of allylic oxidation sites excluding steroid dienone is 1. The van der Waals surface area contributed by atoms with Gasteiger partial charge in [0, 0.05) is 48.3 Å². The summed E-state index contributed by atoms with van der Waals surface area (Å²) in [7, 11) is 3.03. The van der Waals surface area contributed by atoms with Gasteiger partial charge in [0.2, 0.25) is 0 Å². The number of rotatable bonds is 9. The van der Waals surface area contributed by atoms with E-state index in [1.54, 1.807) is 35.4 Å². The lowest BCUT2D eigenvalue weighted by molar-refractivity contribution is -0.112. The molecule has 0 bridgehead atoms. The van der Waals surface area contributed by atoms with E-state index in [2.05, 4.69) is 16.4 Å². The van der Waals surface area contributed by atoms with Crippen LogP contribution in [-0.4, -0.2) is 69.9 Å². The van der Waals surface area contributed by atoms with Gasteiger partial charge in [-0.15, -0.1) is 0 Å². The number of carbonyl (C=O) groups is 3. The molecule has 4 aromatic carbocycles. The first-order chi connectivity index (χ1) is 24.8. The molecule has 0 fully saturated rings. The molecule has 4 aliphatic rings. The molecule has 4 aliphatic heterocycles. The minimum atomic E-state index is -0.188. The van der Waals surface area contributed by atoms with Crippen molar-refractivity contribution in [2.24, 2.45) is 4.99 Å². The van der Waals surface area contributed by atoms with Crippen molar-refractivity contribution in [1.29, 1.82) is 0 Å². The third kappa shape index (κ3) is 5.74. The van der Waals surface area contributed by atoms with E-state index in [-0.39, 0.29) is 42.9 Å². The second kappa shape index (κ2) is 13.0. The van der Waals surface area contributed by atoms with Crippen molar-refractivity contribution < 1.29 is 33.3 Å². The zero-order valence-electron chi connectivity index (χ0n) is 28.5. The van der Waals surface area contributed by atoms with Crippen molar-refractivity contribution in [3.8, 4) is 23.0 Å². The van der Waals surface area contributed by atoms with E-state index in [1.807, 2.05) is 47.4 Å². The first-order valence-electron chi connectivity index (χ1n) is 16.8. The molecule has 11 nitrogen and oxygen atoms in total. The number of hydrogen-bond donors (Lipinski definition) is 1. The van der Waals surface area contributed by atoms with E-state index in [0.717, 1.165) is 28.9 Å². The second-order valence-corrected chi connectivity index (χ2v) is 13.0. The molecule has 0 aliphatic carbocycles. The Labute approximate surface area is 295 Å². The lowest BCUT2D eigenvalue weighted by Gasteiger charge is -2.23. The van der Waals surface area contributed by atoms with Crippen LogP contribution in [0.2, 0.25) is 0 Å². The monoisotopic (exact) mass is 684 g/mol. The van der Waals surface area contributed by atoms with Gasteiger partial charge in [-0.25, -0.2) is 0 Å². The highest BCUT2D eigenvalue weighted by Crippen LogP contribution is 2.42. The van der Waals surface area contributed by atoms with Crippen LogP contribution in [0.25, 0.3) is 0 Å². The molecule has 0 radical (unpaired) electrons. The molecule has 0 spiro atoms. The van der Waals surface area contributed by atoms with E-state index < -0.39 is 0 Å². The summed E-state index contributed by atoms with van der Waals surface area (Å²) in [6, 6.07) is 22.4. The molecule has 11 heteroatoms. The van der Waals surface area contributed by atoms with Gasteiger partial charge < -0.3 is 29.2 Å². The summed E-state index contributed by atoms with van der Waals surface area (Å²) in [5, 5.41) is 3.44. The normalized spacial score (nSPS) is 18.3. The second-order valence-electron chi connectivity index (χ2n) is 13.0. The quantitative estimate of drug-likeness (QED) is 0.215. The zero-order chi connectivity index (χ0) is 35.2. The largest absolute Gasteiger partial charge is 0.493 e. The van der Waals surface area contributed by atoms with Gasteiger partial charge in [-0.1, -0.05) is 36.4 Å². The van der Waals surface area contributed by atoms with Gasteiger partial charge >= 0.3 is 0 Å². The molecule has 0 unspecified atom stereocenters. The molecule has 51 heavy (non-hydrogen) atoms. The van der Waals surface area contributed by atoms with Crippen LogP contribution in [0.4, 0.5) is 22.7 Å². The first kappa shape index (κ1) is 32.1. The topological polar surface area (TPSA) is 119 Å². The molecular weight excluding hydrogens is 648 g/mol. The maximum atomic E-state index is 13.8. The third-order valence-electron chi connectivity index (χ3n) is 9.72. The van der Waals surface area contributed by atoms with Crippen molar-refractivity contribution in [3.05, 3.63) is 107 Å². The van der Waals surface area contributed by atoms with Crippen molar-refractivity contribution in [1.82, 2.24) is 0 Å². The molecule has 258 valence electrons. The summed E-state index contributed by atoms with van der Waals surface area (Å²) in [6.45, 7) is 2.03. The average molecular weight is 685 g/mol. The number of ketones is 1. The van der Waals surface area contributed by atoms with Gasteiger partial charge in [0.25, 0.3) is 11.8 Å². The predicted octanol–water partition coefficient (Wildman–Crippen LogP) is 5.96. The fraction of sp³-hybridized carbons (Fsp3) is 0.250. The van der Waals surface area contributed by atoms with Crippen LogP contribution in [0.3, 0.4) is 0 Å². The molecule has 4 aromatic rings. The number of ether oxygens (including phenoxy) is 4. The number of nitrogens with one attached hydrogen (secondary N) is 1. The summed E-state index contributed by atoms with van der Waals surface area (Å²) >= 11 is 0. The Hall–Kier alpha value is -6.10. The maximum Gasteiger partial charge on any atom is 0.261 e. The Morgan fingerprint density at radius 3 is 2.10 bits per heavy atom. The molecule has 1 N–H and O–H groups in total. The third-order valence-corrected chi connectivity index (χ3v) is 9.72. The van der Waals surface area contributed by atoms with Crippen LogP contribution < -0.4 is 34.1 Å². The van der Waals surface area contributed by atoms with E-state index in [0.29, 0.717) is 64.0 Å². The number of benzene rings is 4. The molecular formula is C40H36N4O7. The lowest BCUT2D eigenvalue weighted by Crippen LogP contribution is -2.39. The van der Waals surface area contributed by atoms with Crippen LogP contribution >= 0.6 is 0 Å². The minimum Gasteiger partial charge on any atom is -0.493 e. The number of methoxy groups -OCH3 is 2. The summed E-state index contributed by atoms with van der Waals surface area (Å²) in [5.74, 6) is 1.07.